The third-order valence-electron chi connectivity index (χ3n) is 3.50. The molecule has 3 heteroatoms. The number of aliphatic hydroxyl groups excluding tert-OH is 1. The lowest BCUT2D eigenvalue weighted by molar-refractivity contribution is -0.0104. The van der Waals surface area contributed by atoms with Crippen molar-refractivity contribution in [3.63, 3.8) is 0 Å². The minimum Gasteiger partial charge on any atom is -0.388 e. The zero-order valence-electron chi connectivity index (χ0n) is 10.4. The van der Waals surface area contributed by atoms with Crippen molar-refractivity contribution in [1.29, 1.82) is 0 Å². The second-order valence-electron chi connectivity index (χ2n) is 4.88. The van der Waals surface area contributed by atoms with Crippen LogP contribution < -0.4 is 0 Å². The Bertz CT molecular complexity index is 374. The van der Waals surface area contributed by atoms with E-state index in [0.717, 1.165) is 36.1 Å². The molecule has 2 nitrogen and oxygen atoms in total. The minimum atomic E-state index is -0.545. The fourth-order valence-corrected chi connectivity index (χ4v) is 2.64. The Balaban J connectivity index is 2.26. The Hall–Kier alpha value is -0.930. The molecular formula is C14H19FO2. The van der Waals surface area contributed by atoms with Crippen LogP contribution in [-0.2, 0) is 4.74 Å². The lowest BCUT2D eigenvalue weighted by Crippen LogP contribution is -2.24. The van der Waals surface area contributed by atoms with E-state index >= 15 is 0 Å². The molecule has 2 unspecified atom stereocenters. The highest BCUT2D eigenvalue weighted by Crippen LogP contribution is 2.32. The molecule has 17 heavy (non-hydrogen) atoms. The number of rotatable bonds is 2. The summed E-state index contributed by atoms with van der Waals surface area (Å²) in [5.74, 6) is -0.109. The van der Waals surface area contributed by atoms with Crippen molar-refractivity contribution >= 4 is 0 Å². The van der Waals surface area contributed by atoms with Crippen molar-refractivity contribution in [2.24, 2.45) is 5.92 Å². The van der Waals surface area contributed by atoms with E-state index in [4.69, 9.17) is 4.74 Å². The number of hydrogen-bond acceptors (Lipinski definition) is 2. The van der Waals surface area contributed by atoms with Gasteiger partial charge in [0.15, 0.2) is 0 Å². The summed E-state index contributed by atoms with van der Waals surface area (Å²) < 4.78 is 18.6. The molecule has 0 aliphatic carbocycles. The van der Waals surface area contributed by atoms with Crippen molar-refractivity contribution in [2.45, 2.75) is 32.8 Å². The first kappa shape index (κ1) is 12.5. The zero-order chi connectivity index (χ0) is 12.4. The van der Waals surface area contributed by atoms with E-state index in [0.29, 0.717) is 6.61 Å². The molecule has 0 bridgehead atoms. The van der Waals surface area contributed by atoms with Gasteiger partial charge >= 0.3 is 0 Å². The number of aryl methyl sites for hydroxylation is 2. The van der Waals surface area contributed by atoms with Crippen molar-refractivity contribution in [3.05, 3.63) is 34.6 Å². The van der Waals surface area contributed by atoms with Crippen LogP contribution in [0.2, 0.25) is 0 Å². The first-order valence-corrected chi connectivity index (χ1v) is 6.12. The maximum Gasteiger partial charge on any atom is 0.123 e. The average Bonchev–Trinajstić information content (AvgIpc) is 2.28. The maximum atomic E-state index is 13.2. The molecular weight excluding hydrogens is 219 g/mol. The van der Waals surface area contributed by atoms with Crippen LogP contribution in [-0.4, -0.2) is 18.3 Å². The van der Waals surface area contributed by atoms with Crippen molar-refractivity contribution in [1.82, 2.24) is 0 Å². The Morgan fingerprint density at radius 2 is 2.00 bits per heavy atom. The summed E-state index contributed by atoms with van der Waals surface area (Å²) >= 11 is 0. The second-order valence-corrected chi connectivity index (χ2v) is 4.88. The molecule has 0 saturated carbocycles. The number of benzene rings is 1. The number of ether oxygens (including phenoxy) is 1. The lowest BCUT2D eigenvalue weighted by Gasteiger charge is -2.28. The van der Waals surface area contributed by atoms with E-state index in [-0.39, 0.29) is 11.7 Å². The summed E-state index contributed by atoms with van der Waals surface area (Å²) in [7, 11) is 0. The zero-order valence-corrected chi connectivity index (χ0v) is 10.4. The van der Waals surface area contributed by atoms with E-state index in [1.54, 1.807) is 0 Å². The van der Waals surface area contributed by atoms with E-state index in [2.05, 4.69) is 0 Å². The molecule has 0 amide bonds. The minimum absolute atomic E-state index is 0.131. The van der Waals surface area contributed by atoms with Gasteiger partial charge in [-0.15, -0.1) is 0 Å². The van der Waals surface area contributed by atoms with Crippen LogP contribution in [0.25, 0.3) is 0 Å². The fraction of sp³-hybridized carbons (Fsp3) is 0.571. The molecule has 1 fully saturated rings. The van der Waals surface area contributed by atoms with Crippen LogP contribution in [0.1, 0.15) is 35.6 Å². The third-order valence-corrected chi connectivity index (χ3v) is 3.50. The number of hydrogen-bond donors (Lipinski definition) is 1. The normalized spacial score (nSPS) is 22.5. The van der Waals surface area contributed by atoms with Crippen LogP contribution in [0.15, 0.2) is 12.1 Å². The fourth-order valence-electron chi connectivity index (χ4n) is 2.64. The van der Waals surface area contributed by atoms with Crippen LogP contribution in [0, 0.1) is 25.6 Å². The Morgan fingerprint density at radius 1 is 1.35 bits per heavy atom. The molecule has 1 aliphatic heterocycles. The van der Waals surface area contributed by atoms with Gasteiger partial charge in [-0.2, -0.15) is 0 Å². The summed E-state index contributed by atoms with van der Waals surface area (Å²) in [5.41, 5.74) is 2.50. The number of aliphatic hydroxyl groups is 1. The monoisotopic (exact) mass is 238 g/mol. The highest BCUT2D eigenvalue weighted by Gasteiger charge is 2.26. The first-order valence-electron chi connectivity index (χ1n) is 6.12. The quantitative estimate of drug-likeness (QED) is 0.858. The highest BCUT2D eigenvalue weighted by atomic mass is 19.1. The average molecular weight is 238 g/mol. The molecule has 0 radical (unpaired) electrons. The third kappa shape index (κ3) is 2.67. The smallest absolute Gasteiger partial charge is 0.123 e. The Kier molecular flexibility index (Phi) is 3.79. The summed E-state index contributed by atoms with van der Waals surface area (Å²) in [6.07, 6.45) is 1.41. The largest absolute Gasteiger partial charge is 0.388 e. The lowest BCUT2D eigenvalue weighted by atomic mass is 9.87. The summed E-state index contributed by atoms with van der Waals surface area (Å²) in [4.78, 5) is 0. The van der Waals surface area contributed by atoms with Gasteiger partial charge in [-0.05, 0) is 55.5 Å². The maximum absolute atomic E-state index is 13.2. The second kappa shape index (κ2) is 5.15. The molecule has 2 atom stereocenters. The van der Waals surface area contributed by atoms with E-state index in [1.165, 1.54) is 12.1 Å². The number of halogens is 1. The van der Waals surface area contributed by atoms with Gasteiger partial charge in [0.1, 0.15) is 5.82 Å². The van der Waals surface area contributed by atoms with Gasteiger partial charge < -0.3 is 9.84 Å². The Morgan fingerprint density at radius 3 is 2.53 bits per heavy atom. The van der Waals surface area contributed by atoms with E-state index in [1.807, 2.05) is 13.8 Å². The summed E-state index contributed by atoms with van der Waals surface area (Å²) in [6.45, 7) is 5.07. The van der Waals surface area contributed by atoms with Crippen LogP contribution in [0.3, 0.4) is 0 Å². The van der Waals surface area contributed by atoms with Gasteiger partial charge in [-0.1, -0.05) is 0 Å². The predicted molar refractivity (Wildman–Crippen MR) is 64.4 cm³/mol. The summed E-state index contributed by atoms with van der Waals surface area (Å²) in [6, 6.07) is 2.96. The van der Waals surface area contributed by atoms with Gasteiger partial charge in [0.05, 0.1) is 12.7 Å². The molecule has 0 spiro atoms. The SMILES string of the molecule is Cc1cc(F)cc(C)c1C(O)C1CCCOC1. The molecule has 0 aromatic heterocycles. The van der Waals surface area contributed by atoms with Gasteiger partial charge in [0.2, 0.25) is 0 Å². The van der Waals surface area contributed by atoms with Gasteiger partial charge in [0.25, 0.3) is 0 Å². The van der Waals surface area contributed by atoms with Gasteiger partial charge in [-0.3, -0.25) is 0 Å². The van der Waals surface area contributed by atoms with Crippen molar-refractivity contribution in [3.8, 4) is 0 Å². The molecule has 1 heterocycles. The molecule has 94 valence electrons. The standard InChI is InChI=1S/C14H19FO2/c1-9-6-12(15)7-10(2)13(9)14(16)11-4-3-5-17-8-11/h6-7,11,14,16H,3-5,8H2,1-2H3. The van der Waals surface area contributed by atoms with E-state index in [9.17, 15) is 9.50 Å². The molecule has 1 aromatic rings. The molecule has 1 N–H and O–H groups in total. The molecule has 1 saturated heterocycles. The highest BCUT2D eigenvalue weighted by molar-refractivity contribution is 5.36. The van der Waals surface area contributed by atoms with Crippen molar-refractivity contribution in [2.75, 3.05) is 13.2 Å². The molecule has 1 aliphatic rings. The topological polar surface area (TPSA) is 29.5 Å². The summed E-state index contributed by atoms with van der Waals surface area (Å²) in [5, 5.41) is 10.4. The Labute approximate surface area is 101 Å². The van der Waals surface area contributed by atoms with Crippen LogP contribution in [0.4, 0.5) is 4.39 Å². The van der Waals surface area contributed by atoms with Gasteiger partial charge in [-0.25, -0.2) is 4.39 Å². The molecule has 2 rings (SSSR count). The molecule has 1 aromatic carbocycles. The predicted octanol–water partition coefficient (Wildman–Crippen LogP) is 2.90. The van der Waals surface area contributed by atoms with Crippen LogP contribution in [0.5, 0.6) is 0 Å². The van der Waals surface area contributed by atoms with E-state index < -0.39 is 6.10 Å². The van der Waals surface area contributed by atoms with Crippen LogP contribution >= 0.6 is 0 Å². The van der Waals surface area contributed by atoms with Gasteiger partial charge in [0, 0.05) is 12.5 Å². The first-order chi connectivity index (χ1) is 8.09. The van der Waals surface area contributed by atoms with Crippen molar-refractivity contribution < 1.29 is 14.2 Å².